The largest absolute Gasteiger partial charge is 0.394 e. The number of nitrogens with zero attached hydrogens (tertiary/aromatic N) is 1. The Labute approximate surface area is 102 Å². The van der Waals surface area contributed by atoms with Crippen LogP contribution in [0.1, 0.15) is 26.2 Å². The third-order valence-corrected chi connectivity index (χ3v) is 3.41. The zero-order valence-electron chi connectivity index (χ0n) is 10.4. The van der Waals surface area contributed by atoms with Crippen molar-refractivity contribution in [1.29, 1.82) is 0 Å². The van der Waals surface area contributed by atoms with Crippen molar-refractivity contribution < 1.29 is 14.6 Å². The first-order chi connectivity index (χ1) is 8.19. The van der Waals surface area contributed by atoms with E-state index in [1.54, 1.807) is 0 Å². The van der Waals surface area contributed by atoms with E-state index in [-0.39, 0.29) is 18.6 Å². The van der Waals surface area contributed by atoms with E-state index in [2.05, 4.69) is 17.1 Å². The van der Waals surface area contributed by atoms with Gasteiger partial charge in [-0.1, -0.05) is 0 Å². The maximum atomic E-state index is 11.6. The molecule has 2 N–H and O–H groups in total. The third kappa shape index (κ3) is 3.94. The SMILES string of the molecule is CC1COC(CO)CN1CCC(=O)NC1CC1. The zero-order chi connectivity index (χ0) is 12.3. The summed E-state index contributed by atoms with van der Waals surface area (Å²) in [6, 6.07) is 0.765. The number of aliphatic hydroxyl groups excluding tert-OH is 1. The summed E-state index contributed by atoms with van der Waals surface area (Å²) in [7, 11) is 0. The molecule has 0 aromatic carbocycles. The molecular weight excluding hydrogens is 220 g/mol. The van der Waals surface area contributed by atoms with Gasteiger partial charge in [-0.25, -0.2) is 0 Å². The maximum Gasteiger partial charge on any atom is 0.221 e. The number of aliphatic hydroxyl groups is 1. The Bertz CT molecular complexity index is 268. The van der Waals surface area contributed by atoms with Crippen LogP contribution in [0.3, 0.4) is 0 Å². The number of amides is 1. The molecule has 2 unspecified atom stereocenters. The molecule has 0 bridgehead atoms. The van der Waals surface area contributed by atoms with E-state index in [1.165, 1.54) is 0 Å². The quantitative estimate of drug-likeness (QED) is 0.697. The number of nitrogens with one attached hydrogen (secondary N) is 1. The highest BCUT2D eigenvalue weighted by Crippen LogP contribution is 2.18. The molecule has 1 heterocycles. The van der Waals surface area contributed by atoms with Crippen LogP contribution in [0.25, 0.3) is 0 Å². The Morgan fingerprint density at radius 3 is 2.94 bits per heavy atom. The lowest BCUT2D eigenvalue weighted by Crippen LogP contribution is -2.50. The molecule has 1 saturated heterocycles. The lowest BCUT2D eigenvalue weighted by molar-refractivity contribution is -0.123. The average Bonchev–Trinajstić information content (AvgIpc) is 3.12. The predicted molar refractivity (Wildman–Crippen MR) is 63.6 cm³/mol. The molecular formula is C12H22N2O3. The summed E-state index contributed by atoms with van der Waals surface area (Å²) in [5.41, 5.74) is 0. The second-order valence-electron chi connectivity index (χ2n) is 5.07. The van der Waals surface area contributed by atoms with Crippen LogP contribution >= 0.6 is 0 Å². The summed E-state index contributed by atoms with van der Waals surface area (Å²) in [6.07, 6.45) is 2.70. The fourth-order valence-electron chi connectivity index (χ4n) is 2.07. The summed E-state index contributed by atoms with van der Waals surface area (Å²) in [5, 5.41) is 12.1. The Morgan fingerprint density at radius 2 is 2.29 bits per heavy atom. The molecule has 0 aromatic rings. The second kappa shape index (κ2) is 5.80. The Balaban J connectivity index is 1.70. The first kappa shape index (κ1) is 12.8. The molecule has 1 saturated carbocycles. The Kier molecular flexibility index (Phi) is 4.36. The summed E-state index contributed by atoms with van der Waals surface area (Å²) in [5.74, 6) is 0.145. The van der Waals surface area contributed by atoms with Gasteiger partial charge in [0.25, 0.3) is 0 Å². The number of hydrogen-bond acceptors (Lipinski definition) is 4. The molecule has 1 amide bonds. The van der Waals surface area contributed by atoms with Gasteiger partial charge >= 0.3 is 0 Å². The molecule has 0 spiro atoms. The lowest BCUT2D eigenvalue weighted by Gasteiger charge is -2.37. The molecule has 2 aliphatic rings. The number of ether oxygens (including phenoxy) is 1. The smallest absolute Gasteiger partial charge is 0.221 e. The van der Waals surface area contributed by atoms with Crippen LogP contribution in [0.15, 0.2) is 0 Å². The van der Waals surface area contributed by atoms with Crippen molar-refractivity contribution in [2.24, 2.45) is 0 Å². The van der Waals surface area contributed by atoms with Gasteiger partial charge in [-0.05, 0) is 19.8 Å². The number of morpholine rings is 1. The Hall–Kier alpha value is -0.650. The van der Waals surface area contributed by atoms with Gasteiger partial charge in [-0.2, -0.15) is 0 Å². The second-order valence-corrected chi connectivity index (χ2v) is 5.07. The highest BCUT2D eigenvalue weighted by atomic mass is 16.5. The van der Waals surface area contributed by atoms with E-state index >= 15 is 0 Å². The van der Waals surface area contributed by atoms with Crippen molar-refractivity contribution in [3.63, 3.8) is 0 Å². The van der Waals surface area contributed by atoms with E-state index in [9.17, 15) is 4.79 Å². The lowest BCUT2D eigenvalue weighted by atomic mass is 10.2. The first-order valence-corrected chi connectivity index (χ1v) is 6.45. The van der Waals surface area contributed by atoms with Crippen LogP contribution in [-0.2, 0) is 9.53 Å². The Morgan fingerprint density at radius 1 is 1.53 bits per heavy atom. The highest BCUT2D eigenvalue weighted by Gasteiger charge is 2.27. The van der Waals surface area contributed by atoms with E-state index in [1.807, 2.05) is 0 Å². The van der Waals surface area contributed by atoms with Crippen LogP contribution in [0.2, 0.25) is 0 Å². The van der Waals surface area contributed by atoms with E-state index in [0.717, 1.165) is 19.4 Å². The van der Waals surface area contributed by atoms with Crippen LogP contribution in [0.5, 0.6) is 0 Å². The first-order valence-electron chi connectivity index (χ1n) is 6.45. The van der Waals surface area contributed by atoms with Gasteiger partial charge in [0.1, 0.15) is 0 Å². The normalized spacial score (nSPS) is 30.2. The minimum atomic E-state index is -0.0994. The van der Waals surface area contributed by atoms with Crippen LogP contribution in [-0.4, -0.2) is 60.4 Å². The molecule has 0 radical (unpaired) electrons. The van der Waals surface area contributed by atoms with Crippen molar-refractivity contribution in [2.45, 2.75) is 44.4 Å². The molecule has 17 heavy (non-hydrogen) atoms. The fraction of sp³-hybridized carbons (Fsp3) is 0.917. The van der Waals surface area contributed by atoms with E-state index in [0.29, 0.717) is 31.7 Å². The molecule has 1 aliphatic carbocycles. The monoisotopic (exact) mass is 242 g/mol. The standard InChI is InChI=1S/C12H22N2O3/c1-9-8-17-11(7-15)6-14(9)5-4-12(16)13-10-2-3-10/h9-11,15H,2-8H2,1H3,(H,13,16). The average molecular weight is 242 g/mol. The van der Waals surface area contributed by atoms with Crippen molar-refractivity contribution in [3.05, 3.63) is 0 Å². The molecule has 2 atom stereocenters. The van der Waals surface area contributed by atoms with Crippen molar-refractivity contribution in [3.8, 4) is 0 Å². The van der Waals surface area contributed by atoms with Crippen LogP contribution in [0.4, 0.5) is 0 Å². The predicted octanol–water partition coefficient (Wildman–Crippen LogP) is -0.263. The molecule has 0 aromatic heterocycles. The van der Waals surface area contributed by atoms with Crippen LogP contribution in [0, 0.1) is 0 Å². The summed E-state index contributed by atoms with van der Waals surface area (Å²) < 4.78 is 5.46. The van der Waals surface area contributed by atoms with Crippen molar-refractivity contribution in [2.75, 3.05) is 26.3 Å². The van der Waals surface area contributed by atoms with Gasteiger partial charge in [0.15, 0.2) is 0 Å². The number of rotatable bonds is 5. The topological polar surface area (TPSA) is 61.8 Å². The summed E-state index contributed by atoms with van der Waals surface area (Å²) in [4.78, 5) is 13.8. The van der Waals surface area contributed by atoms with Crippen molar-refractivity contribution >= 4 is 5.91 Å². The summed E-state index contributed by atoms with van der Waals surface area (Å²) >= 11 is 0. The highest BCUT2D eigenvalue weighted by molar-refractivity contribution is 5.76. The number of hydrogen-bond donors (Lipinski definition) is 2. The maximum absolute atomic E-state index is 11.6. The fourth-order valence-corrected chi connectivity index (χ4v) is 2.07. The third-order valence-electron chi connectivity index (χ3n) is 3.41. The van der Waals surface area contributed by atoms with Gasteiger partial charge < -0.3 is 15.2 Å². The molecule has 5 heteroatoms. The van der Waals surface area contributed by atoms with Gasteiger partial charge in [0.2, 0.25) is 5.91 Å². The molecule has 98 valence electrons. The van der Waals surface area contributed by atoms with E-state index in [4.69, 9.17) is 9.84 Å². The minimum absolute atomic E-state index is 0.0531. The van der Waals surface area contributed by atoms with Gasteiger partial charge in [-0.3, -0.25) is 9.69 Å². The van der Waals surface area contributed by atoms with Crippen LogP contribution < -0.4 is 5.32 Å². The molecule has 5 nitrogen and oxygen atoms in total. The van der Waals surface area contributed by atoms with Gasteiger partial charge in [0.05, 0.1) is 19.3 Å². The minimum Gasteiger partial charge on any atom is -0.394 e. The van der Waals surface area contributed by atoms with Gasteiger partial charge in [0, 0.05) is 31.6 Å². The molecule has 2 fully saturated rings. The summed E-state index contributed by atoms with van der Waals surface area (Å²) in [6.45, 7) is 4.24. The van der Waals surface area contributed by atoms with Crippen molar-refractivity contribution in [1.82, 2.24) is 10.2 Å². The molecule has 1 aliphatic heterocycles. The van der Waals surface area contributed by atoms with Gasteiger partial charge in [-0.15, -0.1) is 0 Å². The zero-order valence-corrected chi connectivity index (χ0v) is 10.4. The number of carbonyl (C=O) groups is 1. The molecule has 2 rings (SSSR count). The van der Waals surface area contributed by atoms with E-state index < -0.39 is 0 Å². The number of carbonyl (C=O) groups excluding carboxylic acids is 1.